The Bertz CT molecular complexity index is 611. The third-order valence-electron chi connectivity index (χ3n) is 3.84. The Morgan fingerprint density at radius 1 is 1.27 bits per heavy atom. The van der Waals surface area contributed by atoms with E-state index in [-0.39, 0.29) is 13.0 Å². The van der Waals surface area contributed by atoms with Crippen LogP contribution in [0.4, 0.5) is 4.79 Å². The molecular weight excluding hydrogens is 318 g/mol. The summed E-state index contributed by atoms with van der Waals surface area (Å²) in [6.45, 7) is 3.70. The molecule has 0 bridgehead atoms. The third-order valence-corrected chi connectivity index (χ3v) is 6.64. The van der Waals surface area contributed by atoms with Gasteiger partial charge in [-0.25, -0.2) is 18.0 Å². The first-order chi connectivity index (χ1) is 10.1. The number of hydrogen-bond acceptors (Lipinski definition) is 8. The molecule has 0 aromatic rings. The maximum Gasteiger partial charge on any atom is 0.511 e. The van der Waals surface area contributed by atoms with Crippen LogP contribution >= 0.6 is 0 Å². The normalized spacial score (nSPS) is 27.6. The molecule has 2 atom stereocenters. The fourth-order valence-corrected chi connectivity index (χ4v) is 4.71. The number of carbonyl (C=O) groups excluding carboxylic acids is 3. The molecule has 22 heavy (non-hydrogen) atoms. The first kappa shape index (κ1) is 16.5. The van der Waals surface area contributed by atoms with Crippen LogP contribution in [-0.4, -0.2) is 60.9 Å². The van der Waals surface area contributed by atoms with Gasteiger partial charge in [-0.2, -0.15) is 0 Å². The summed E-state index contributed by atoms with van der Waals surface area (Å²) in [7, 11) is -3.67. The molecule has 0 saturated carbocycles. The molecule has 2 heterocycles. The highest BCUT2D eigenvalue weighted by molar-refractivity contribution is 7.93. The zero-order valence-corrected chi connectivity index (χ0v) is 13.2. The summed E-state index contributed by atoms with van der Waals surface area (Å²) in [5.41, 5.74) is 0. The summed E-state index contributed by atoms with van der Waals surface area (Å²) in [6.07, 6.45) is -1.14. The number of carbonyl (C=O) groups is 3. The second-order valence-corrected chi connectivity index (χ2v) is 8.11. The van der Waals surface area contributed by atoms with E-state index in [4.69, 9.17) is 4.74 Å². The van der Waals surface area contributed by atoms with Gasteiger partial charge in [0, 0.05) is 0 Å². The Kier molecular flexibility index (Phi) is 4.07. The lowest BCUT2D eigenvalue weighted by Crippen LogP contribution is -2.57. The molecule has 2 aliphatic rings. The van der Waals surface area contributed by atoms with Crippen molar-refractivity contribution in [1.82, 2.24) is 4.90 Å². The summed E-state index contributed by atoms with van der Waals surface area (Å²) in [6, 6.07) is -1.26. The van der Waals surface area contributed by atoms with Crippen LogP contribution in [0.3, 0.4) is 0 Å². The smallest absolute Gasteiger partial charge is 0.435 e. The van der Waals surface area contributed by atoms with E-state index < -0.39 is 50.8 Å². The molecule has 2 aliphatic heterocycles. The molecule has 1 amide bonds. The van der Waals surface area contributed by atoms with Crippen molar-refractivity contribution in [2.75, 3.05) is 13.4 Å². The second kappa shape index (κ2) is 5.41. The van der Waals surface area contributed by atoms with Crippen LogP contribution in [0, 0.1) is 0 Å². The molecule has 9 nitrogen and oxygen atoms in total. The number of sulfone groups is 1. The van der Waals surface area contributed by atoms with Gasteiger partial charge in [0.1, 0.15) is 11.4 Å². The van der Waals surface area contributed by atoms with Crippen molar-refractivity contribution in [2.45, 2.75) is 43.4 Å². The molecule has 0 spiro atoms. The van der Waals surface area contributed by atoms with Gasteiger partial charge in [-0.3, -0.25) is 4.79 Å². The first-order valence-corrected chi connectivity index (χ1v) is 8.20. The standard InChI is InChI=1S/C12H17NO8S/c1-4-19-11(16)21-6-20-10(15)9-12(2,3)22(17,18)8-5-7(14)13(8)9/h8-9H,4-6H2,1-3H3/t8-,9+/m1/s1. The van der Waals surface area contributed by atoms with E-state index in [1.165, 1.54) is 13.8 Å². The SMILES string of the molecule is CCOC(=O)OCOC(=O)[C@@H]1N2C(=O)C[C@H]2S(=O)(=O)C1(C)C. The van der Waals surface area contributed by atoms with Gasteiger partial charge in [0.25, 0.3) is 0 Å². The van der Waals surface area contributed by atoms with E-state index in [1.54, 1.807) is 6.92 Å². The largest absolute Gasteiger partial charge is 0.511 e. The minimum atomic E-state index is -3.67. The van der Waals surface area contributed by atoms with E-state index in [0.29, 0.717) is 0 Å². The molecule has 0 N–H and O–H groups in total. The Morgan fingerprint density at radius 3 is 2.45 bits per heavy atom. The van der Waals surface area contributed by atoms with Gasteiger partial charge in [-0.1, -0.05) is 0 Å². The minimum absolute atomic E-state index is 0.102. The van der Waals surface area contributed by atoms with Crippen molar-refractivity contribution in [2.24, 2.45) is 0 Å². The summed E-state index contributed by atoms with van der Waals surface area (Å²) in [4.78, 5) is 35.7. The van der Waals surface area contributed by atoms with Gasteiger partial charge in [0.15, 0.2) is 9.84 Å². The molecular formula is C12H17NO8S. The molecule has 0 unspecified atom stereocenters. The molecule has 0 aliphatic carbocycles. The van der Waals surface area contributed by atoms with Crippen LogP contribution in [0.2, 0.25) is 0 Å². The predicted octanol–water partition coefficient (Wildman–Crippen LogP) is -0.206. The number of amides is 1. The number of hydrogen-bond donors (Lipinski definition) is 0. The van der Waals surface area contributed by atoms with Crippen molar-refractivity contribution in [3.8, 4) is 0 Å². The predicted molar refractivity (Wildman–Crippen MR) is 71.1 cm³/mol. The van der Waals surface area contributed by atoms with Gasteiger partial charge >= 0.3 is 12.1 Å². The second-order valence-electron chi connectivity index (χ2n) is 5.42. The van der Waals surface area contributed by atoms with Gasteiger partial charge in [0.2, 0.25) is 12.7 Å². The Hall–Kier alpha value is -1.84. The van der Waals surface area contributed by atoms with E-state index >= 15 is 0 Å². The van der Waals surface area contributed by atoms with Crippen LogP contribution in [0.1, 0.15) is 27.2 Å². The number of β-lactam (4-membered cyclic amide) rings is 1. The fourth-order valence-electron chi connectivity index (χ4n) is 2.58. The first-order valence-electron chi connectivity index (χ1n) is 6.65. The van der Waals surface area contributed by atoms with Crippen molar-refractivity contribution in [3.05, 3.63) is 0 Å². The molecule has 0 aromatic heterocycles. The van der Waals surface area contributed by atoms with Gasteiger partial charge in [-0.15, -0.1) is 0 Å². The maximum atomic E-state index is 12.3. The van der Waals surface area contributed by atoms with Crippen LogP contribution in [0.5, 0.6) is 0 Å². The van der Waals surface area contributed by atoms with Crippen molar-refractivity contribution in [3.63, 3.8) is 0 Å². The molecule has 2 saturated heterocycles. The lowest BCUT2D eigenvalue weighted by atomic mass is 9.98. The topological polar surface area (TPSA) is 116 Å². The van der Waals surface area contributed by atoms with Crippen LogP contribution in [0.15, 0.2) is 0 Å². The summed E-state index contributed by atoms with van der Waals surface area (Å²) < 4.78 is 36.8. The highest BCUT2D eigenvalue weighted by atomic mass is 32.2. The zero-order valence-electron chi connectivity index (χ0n) is 12.4. The molecule has 0 aromatic carbocycles. The fraction of sp³-hybridized carbons (Fsp3) is 0.750. The Balaban J connectivity index is 2.06. The van der Waals surface area contributed by atoms with E-state index in [2.05, 4.69) is 9.47 Å². The number of esters is 1. The Morgan fingerprint density at radius 2 is 1.91 bits per heavy atom. The van der Waals surface area contributed by atoms with E-state index in [0.717, 1.165) is 4.90 Å². The molecule has 10 heteroatoms. The van der Waals surface area contributed by atoms with Crippen LogP contribution < -0.4 is 0 Å². The van der Waals surface area contributed by atoms with E-state index in [1.807, 2.05) is 0 Å². The number of nitrogens with zero attached hydrogens (tertiary/aromatic N) is 1. The molecule has 2 rings (SSSR count). The maximum absolute atomic E-state index is 12.3. The third kappa shape index (κ3) is 2.31. The summed E-state index contributed by atoms with van der Waals surface area (Å²) >= 11 is 0. The van der Waals surface area contributed by atoms with E-state index in [9.17, 15) is 22.8 Å². The monoisotopic (exact) mass is 335 g/mol. The average Bonchev–Trinajstić information content (AvgIpc) is 2.53. The molecule has 2 fully saturated rings. The summed E-state index contributed by atoms with van der Waals surface area (Å²) in [5, 5.41) is -0.987. The van der Waals surface area contributed by atoms with Crippen LogP contribution in [0.25, 0.3) is 0 Å². The summed E-state index contributed by atoms with van der Waals surface area (Å²) in [5.74, 6) is -1.36. The highest BCUT2D eigenvalue weighted by Crippen LogP contribution is 2.45. The lowest BCUT2D eigenvalue weighted by molar-refractivity contribution is -0.168. The van der Waals surface area contributed by atoms with Gasteiger partial charge in [-0.05, 0) is 20.8 Å². The minimum Gasteiger partial charge on any atom is -0.435 e. The molecule has 0 radical (unpaired) electrons. The number of ether oxygens (including phenoxy) is 3. The van der Waals surface area contributed by atoms with Crippen molar-refractivity contribution < 1.29 is 37.0 Å². The average molecular weight is 335 g/mol. The van der Waals surface area contributed by atoms with Crippen molar-refractivity contribution >= 4 is 27.9 Å². The van der Waals surface area contributed by atoms with Crippen LogP contribution in [-0.2, 0) is 33.6 Å². The molecule has 124 valence electrons. The van der Waals surface area contributed by atoms with Crippen molar-refractivity contribution in [1.29, 1.82) is 0 Å². The number of rotatable bonds is 4. The van der Waals surface area contributed by atoms with Gasteiger partial charge < -0.3 is 19.1 Å². The lowest BCUT2D eigenvalue weighted by Gasteiger charge is -2.36. The number of fused-ring (bicyclic) bond motifs is 1. The quantitative estimate of drug-likeness (QED) is 0.394. The van der Waals surface area contributed by atoms with Gasteiger partial charge in [0.05, 0.1) is 17.8 Å². The Labute approximate surface area is 127 Å². The highest BCUT2D eigenvalue weighted by Gasteiger charge is 2.68. The zero-order chi connectivity index (χ0) is 16.7.